The molecule has 4 aromatic rings. The Labute approximate surface area is 191 Å². The summed E-state index contributed by atoms with van der Waals surface area (Å²) in [5.74, 6) is -0.519. The number of alkyl halides is 3. The lowest BCUT2D eigenvalue weighted by Gasteiger charge is -2.15. The van der Waals surface area contributed by atoms with Gasteiger partial charge in [0.15, 0.2) is 0 Å². The minimum atomic E-state index is -4.88. The van der Waals surface area contributed by atoms with Crippen molar-refractivity contribution in [2.24, 2.45) is 0 Å². The summed E-state index contributed by atoms with van der Waals surface area (Å²) in [5, 5.41) is 11.7. The number of hydrogen-bond acceptors (Lipinski definition) is 5. The number of phenolic OH excluding ortho intramolecular Hbond substituents is 1. The van der Waals surface area contributed by atoms with E-state index in [1.54, 1.807) is 24.3 Å². The van der Waals surface area contributed by atoms with Crippen LogP contribution in [-0.4, -0.2) is 19.9 Å². The fourth-order valence-electron chi connectivity index (χ4n) is 3.14. The molecule has 0 aliphatic heterocycles. The maximum atomic E-state index is 13.0. The lowest BCUT2D eigenvalue weighted by atomic mass is 10.1. The summed E-state index contributed by atoms with van der Waals surface area (Å²) in [7, 11) is -4.15. The summed E-state index contributed by atoms with van der Waals surface area (Å²) in [4.78, 5) is 1.04. The van der Waals surface area contributed by atoms with E-state index in [1.165, 1.54) is 17.8 Å². The SMILES string of the molecule is O=S(=O)(Nc1cc(Sc2ccccc2)c(O)c2ccccc12)c1ccc(OC(F)(F)F)cc1. The molecular weight excluding hydrogens is 475 g/mol. The van der Waals surface area contributed by atoms with E-state index >= 15 is 0 Å². The zero-order valence-corrected chi connectivity index (χ0v) is 18.3. The molecule has 0 spiro atoms. The molecule has 0 atom stereocenters. The van der Waals surface area contributed by atoms with Crippen LogP contribution in [0.5, 0.6) is 11.5 Å². The van der Waals surface area contributed by atoms with Crippen molar-refractivity contribution >= 4 is 38.2 Å². The second-order valence-corrected chi connectivity index (χ2v) is 9.65. The van der Waals surface area contributed by atoms with Gasteiger partial charge in [-0.1, -0.05) is 54.2 Å². The number of benzene rings is 4. The molecule has 170 valence electrons. The van der Waals surface area contributed by atoms with E-state index in [0.717, 1.165) is 29.2 Å². The third kappa shape index (κ3) is 5.35. The molecule has 0 saturated carbocycles. The van der Waals surface area contributed by atoms with Crippen LogP contribution >= 0.6 is 11.8 Å². The molecule has 0 saturated heterocycles. The summed E-state index contributed by atoms with van der Waals surface area (Å²) in [6.07, 6.45) is -4.88. The molecule has 0 aliphatic carbocycles. The molecule has 0 unspecified atom stereocenters. The Hall–Kier alpha value is -3.37. The normalized spacial score (nSPS) is 12.0. The maximum Gasteiger partial charge on any atom is 0.573 e. The van der Waals surface area contributed by atoms with Crippen molar-refractivity contribution < 1.29 is 31.4 Å². The predicted molar refractivity (Wildman–Crippen MR) is 120 cm³/mol. The number of sulfonamides is 1. The van der Waals surface area contributed by atoms with E-state index in [2.05, 4.69) is 9.46 Å². The first-order valence-electron chi connectivity index (χ1n) is 9.49. The first kappa shape index (κ1) is 22.8. The minimum absolute atomic E-state index is 0.0102. The molecule has 0 radical (unpaired) electrons. The van der Waals surface area contributed by atoms with Crippen LogP contribution in [0.25, 0.3) is 10.8 Å². The van der Waals surface area contributed by atoms with Crippen molar-refractivity contribution in [3.8, 4) is 11.5 Å². The average Bonchev–Trinajstić information content (AvgIpc) is 2.77. The third-order valence-electron chi connectivity index (χ3n) is 4.56. The Kier molecular flexibility index (Phi) is 6.13. The molecular formula is C23H16F3NO4S2. The fraction of sp³-hybridized carbons (Fsp3) is 0.0435. The number of nitrogens with one attached hydrogen (secondary N) is 1. The average molecular weight is 492 g/mol. The number of hydrogen-bond donors (Lipinski definition) is 2. The van der Waals surface area contributed by atoms with E-state index in [-0.39, 0.29) is 16.3 Å². The van der Waals surface area contributed by atoms with Crippen LogP contribution in [0.15, 0.2) is 99.6 Å². The Morgan fingerprint density at radius 2 is 1.45 bits per heavy atom. The Morgan fingerprint density at radius 3 is 2.09 bits per heavy atom. The Balaban J connectivity index is 1.71. The molecule has 4 rings (SSSR count). The van der Waals surface area contributed by atoms with Crippen LogP contribution in [0.2, 0.25) is 0 Å². The molecule has 0 aliphatic rings. The highest BCUT2D eigenvalue weighted by molar-refractivity contribution is 7.99. The summed E-state index contributed by atoms with van der Waals surface area (Å²) in [6, 6.07) is 21.4. The number of anilines is 1. The Bertz CT molecular complexity index is 1390. The number of ether oxygens (including phenoxy) is 1. The zero-order valence-electron chi connectivity index (χ0n) is 16.7. The lowest BCUT2D eigenvalue weighted by molar-refractivity contribution is -0.274. The van der Waals surface area contributed by atoms with Gasteiger partial charge in [0, 0.05) is 15.7 Å². The number of aromatic hydroxyl groups is 1. The van der Waals surface area contributed by atoms with Gasteiger partial charge in [0.25, 0.3) is 10.0 Å². The van der Waals surface area contributed by atoms with Crippen LogP contribution in [-0.2, 0) is 10.0 Å². The van der Waals surface area contributed by atoms with E-state index in [4.69, 9.17) is 0 Å². The van der Waals surface area contributed by atoms with E-state index < -0.39 is 22.1 Å². The van der Waals surface area contributed by atoms with Gasteiger partial charge in [0.05, 0.1) is 15.5 Å². The topological polar surface area (TPSA) is 75.6 Å². The van der Waals surface area contributed by atoms with Gasteiger partial charge in [-0.05, 0) is 42.5 Å². The highest BCUT2D eigenvalue weighted by Crippen LogP contribution is 2.43. The van der Waals surface area contributed by atoms with Gasteiger partial charge >= 0.3 is 6.36 Å². The number of halogens is 3. The zero-order chi connectivity index (χ0) is 23.6. The van der Waals surface area contributed by atoms with Crippen LogP contribution in [0.1, 0.15) is 0 Å². The van der Waals surface area contributed by atoms with Crippen LogP contribution in [0.3, 0.4) is 0 Å². The van der Waals surface area contributed by atoms with Crippen LogP contribution in [0, 0.1) is 0 Å². The quantitative estimate of drug-likeness (QED) is 0.306. The summed E-state index contributed by atoms with van der Waals surface area (Å²) in [6.45, 7) is 0. The molecule has 33 heavy (non-hydrogen) atoms. The number of phenols is 1. The molecule has 0 bridgehead atoms. The van der Waals surface area contributed by atoms with Crippen molar-refractivity contribution in [1.29, 1.82) is 0 Å². The number of rotatable bonds is 6. The molecule has 4 aromatic carbocycles. The second-order valence-electron chi connectivity index (χ2n) is 6.86. The largest absolute Gasteiger partial charge is 0.573 e. The van der Waals surface area contributed by atoms with Crippen LogP contribution < -0.4 is 9.46 Å². The molecule has 0 fully saturated rings. The predicted octanol–water partition coefficient (Wildman–Crippen LogP) is 6.40. The number of fused-ring (bicyclic) bond motifs is 1. The van der Waals surface area contributed by atoms with E-state index in [1.807, 2.05) is 30.3 Å². The Morgan fingerprint density at radius 1 is 0.848 bits per heavy atom. The fourth-order valence-corrected chi connectivity index (χ4v) is 5.14. The minimum Gasteiger partial charge on any atom is -0.506 e. The van der Waals surface area contributed by atoms with Crippen molar-refractivity contribution in [1.82, 2.24) is 0 Å². The van der Waals surface area contributed by atoms with Crippen LogP contribution in [0.4, 0.5) is 18.9 Å². The first-order chi connectivity index (χ1) is 15.6. The van der Waals surface area contributed by atoms with Gasteiger partial charge < -0.3 is 9.84 Å². The molecule has 0 aromatic heterocycles. The molecule has 10 heteroatoms. The van der Waals surface area contributed by atoms with Gasteiger partial charge in [-0.2, -0.15) is 0 Å². The summed E-state index contributed by atoms with van der Waals surface area (Å²) < 4.78 is 69.3. The van der Waals surface area contributed by atoms with Gasteiger partial charge in [-0.3, -0.25) is 4.72 Å². The second kappa shape index (κ2) is 8.87. The van der Waals surface area contributed by atoms with E-state index in [9.17, 15) is 26.7 Å². The summed E-state index contributed by atoms with van der Waals surface area (Å²) in [5.41, 5.74) is 0.220. The first-order valence-corrected chi connectivity index (χ1v) is 11.8. The highest BCUT2D eigenvalue weighted by Gasteiger charge is 2.31. The lowest BCUT2D eigenvalue weighted by Crippen LogP contribution is -2.17. The van der Waals surface area contributed by atoms with Crippen molar-refractivity contribution in [2.75, 3.05) is 4.72 Å². The van der Waals surface area contributed by atoms with Gasteiger partial charge in [0.1, 0.15) is 11.5 Å². The molecule has 5 nitrogen and oxygen atoms in total. The molecule has 0 heterocycles. The van der Waals surface area contributed by atoms with Gasteiger partial charge in [-0.25, -0.2) is 8.42 Å². The smallest absolute Gasteiger partial charge is 0.506 e. The van der Waals surface area contributed by atoms with Gasteiger partial charge in [-0.15, -0.1) is 13.2 Å². The maximum absolute atomic E-state index is 13.0. The standard InChI is InChI=1S/C23H16F3NO4S2/c24-23(25,26)31-15-10-12-17(13-11-15)33(29,30)27-20-14-21(32-16-6-2-1-3-7-16)22(28)19-9-5-4-8-18(19)20/h1-14,27-28H. The monoisotopic (exact) mass is 491 g/mol. The van der Waals surface area contributed by atoms with Crippen molar-refractivity contribution in [2.45, 2.75) is 21.0 Å². The van der Waals surface area contributed by atoms with E-state index in [0.29, 0.717) is 15.7 Å². The summed E-state index contributed by atoms with van der Waals surface area (Å²) >= 11 is 1.26. The van der Waals surface area contributed by atoms with Gasteiger partial charge in [0.2, 0.25) is 0 Å². The van der Waals surface area contributed by atoms with Crippen molar-refractivity contribution in [3.63, 3.8) is 0 Å². The third-order valence-corrected chi connectivity index (χ3v) is 6.98. The molecule has 2 N–H and O–H groups in total. The molecule has 0 amide bonds. The van der Waals surface area contributed by atoms with Crippen molar-refractivity contribution in [3.05, 3.63) is 84.9 Å². The highest BCUT2D eigenvalue weighted by atomic mass is 32.2.